The number of carboxylic acid groups (broad SMARTS) is 1. The number of pyridine rings is 1. The molecule has 6 rings (SSSR count). The van der Waals surface area contributed by atoms with E-state index in [9.17, 15) is 18.0 Å². The molecule has 1 atom stereocenters. The third-order valence-electron chi connectivity index (χ3n) is 9.30. The topological polar surface area (TPSA) is 120 Å². The Morgan fingerprint density at radius 1 is 0.809 bits per heavy atom. The first-order valence-electron chi connectivity index (χ1n) is 16.2. The number of aromatic nitrogens is 1. The van der Waals surface area contributed by atoms with E-state index in [4.69, 9.17) is 5.11 Å². The molecule has 1 saturated heterocycles. The van der Waals surface area contributed by atoms with Crippen LogP contribution < -0.4 is 9.62 Å². The summed E-state index contributed by atoms with van der Waals surface area (Å²) in [5.74, 6) is 0.0839. The van der Waals surface area contributed by atoms with E-state index in [0.29, 0.717) is 51.7 Å². The van der Waals surface area contributed by atoms with Crippen molar-refractivity contribution in [1.82, 2.24) is 14.6 Å². The Bertz CT molecular complexity index is 1760. The number of hydrogen-bond donors (Lipinski definition) is 2. The lowest BCUT2D eigenvalue weighted by atomic mass is 9.85. The molecule has 2 heterocycles. The summed E-state index contributed by atoms with van der Waals surface area (Å²) in [6, 6.07) is 30.1. The molecule has 4 aromatic rings. The van der Waals surface area contributed by atoms with E-state index < -0.39 is 16.0 Å². The van der Waals surface area contributed by atoms with Crippen LogP contribution in [0.5, 0.6) is 0 Å². The summed E-state index contributed by atoms with van der Waals surface area (Å²) in [5, 5.41) is 8.90. The van der Waals surface area contributed by atoms with E-state index in [-0.39, 0.29) is 35.2 Å². The molecular formula is C37H40N4O5S. The molecule has 1 saturated carbocycles. The monoisotopic (exact) mass is 652 g/mol. The average molecular weight is 653 g/mol. The molecule has 10 heteroatoms. The lowest BCUT2D eigenvalue weighted by Gasteiger charge is -2.44. The smallest absolute Gasteiger partial charge is 0.303 e. The van der Waals surface area contributed by atoms with Gasteiger partial charge in [-0.1, -0.05) is 72.8 Å². The zero-order valence-electron chi connectivity index (χ0n) is 26.2. The van der Waals surface area contributed by atoms with Gasteiger partial charge in [0, 0.05) is 44.2 Å². The Balaban J connectivity index is 1.05. The average Bonchev–Trinajstić information content (AvgIpc) is 3.11. The van der Waals surface area contributed by atoms with Gasteiger partial charge in [0.05, 0.1) is 10.9 Å². The molecular weight excluding hydrogens is 612 g/mol. The number of carbonyl (C=O) groups is 2. The van der Waals surface area contributed by atoms with Crippen LogP contribution in [-0.4, -0.2) is 61.0 Å². The first kappa shape index (κ1) is 32.4. The maximum Gasteiger partial charge on any atom is 0.303 e. The Morgan fingerprint density at radius 3 is 2.11 bits per heavy atom. The largest absolute Gasteiger partial charge is 0.481 e. The minimum absolute atomic E-state index is 0.0795. The molecule has 2 aliphatic rings. The van der Waals surface area contributed by atoms with E-state index >= 15 is 0 Å². The van der Waals surface area contributed by atoms with Crippen LogP contribution >= 0.6 is 0 Å². The molecule has 244 valence electrons. The summed E-state index contributed by atoms with van der Waals surface area (Å²) in [7, 11) is -3.73. The second-order valence-corrected chi connectivity index (χ2v) is 14.1. The highest BCUT2D eigenvalue weighted by molar-refractivity contribution is 7.89. The van der Waals surface area contributed by atoms with E-state index in [2.05, 4.69) is 26.7 Å². The van der Waals surface area contributed by atoms with Gasteiger partial charge < -0.3 is 14.9 Å². The van der Waals surface area contributed by atoms with Crippen LogP contribution in [0.4, 0.5) is 5.82 Å². The zero-order chi connectivity index (χ0) is 32.8. The zero-order valence-corrected chi connectivity index (χ0v) is 27.1. The van der Waals surface area contributed by atoms with Gasteiger partial charge in [0.25, 0.3) is 0 Å². The SMILES string of the molecule is O=C(O)CCc1ccc(-c2ccc(S(=O)(=O)NC3CCC(C(=O)N4CCN(c5ccccn5)CC4c4ccccc4)CC3)cc2)cc1. The molecule has 1 aliphatic heterocycles. The number of nitrogens with one attached hydrogen (secondary N) is 1. The van der Waals surface area contributed by atoms with E-state index in [1.807, 2.05) is 65.6 Å². The van der Waals surface area contributed by atoms with Crippen LogP contribution in [0.1, 0.15) is 49.3 Å². The third kappa shape index (κ3) is 7.89. The number of amides is 1. The fourth-order valence-electron chi connectivity index (χ4n) is 6.68. The van der Waals surface area contributed by atoms with Crippen LogP contribution in [0.25, 0.3) is 11.1 Å². The number of hydrogen-bond acceptors (Lipinski definition) is 6. The van der Waals surface area contributed by atoms with Gasteiger partial charge in [0.1, 0.15) is 5.82 Å². The number of carbonyl (C=O) groups excluding carboxylic acids is 1. The molecule has 1 aliphatic carbocycles. The van der Waals surface area contributed by atoms with Gasteiger partial charge in [-0.2, -0.15) is 0 Å². The Morgan fingerprint density at radius 2 is 1.47 bits per heavy atom. The van der Waals surface area contributed by atoms with Crippen molar-refractivity contribution in [1.29, 1.82) is 0 Å². The molecule has 1 unspecified atom stereocenters. The first-order chi connectivity index (χ1) is 22.8. The second-order valence-electron chi connectivity index (χ2n) is 12.4. The maximum absolute atomic E-state index is 14.0. The van der Waals surface area contributed by atoms with Crippen LogP contribution in [0, 0.1) is 5.92 Å². The highest BCUT2D eigenvalue weighted by atomic mass is 32.2. The van der Waals surface area contributed by atoms with Crippen molar-refractivity contribution in [3.05, 3.63) is 114 Å². The summed E-state index contributed by atoms with van der Waals surface area (Å²) in [6.07, 6.45) is 4.81. The fraction of sp³-hybridized carbons (Fsp3) is 0.324. The number of aryl methyl sites for hydroxylation is 1. The quantitative estimate of drug-likeness (QED) is 0.226. The minimum Gasteiger partial charge on any atom is -0.481 e. The lowest BCUT2D eigenvalue weighted by Crippen LogP contribution is -2.53. The van der Waals surface area contributed by atoms with Gasteiger partial charge in [-0.25, -0.2) is 18.1 Å². The van der Waals surface area contributed by atoms with Crippen LogP contribution in [0.15, 0.2) is 108 Å². The highest BCUT2D eigenvalue weighted by Crippen LogP contribution is 2.33. The van der Waals surface area contributed by atoms with Gasteiger partial charge in [0.2, 0.25) is 15.9 Å². The number of aliphatic carboxylic acids is 1. The van der Waals surface area contributed by atoms with E-state index in [1.165, 1.54) is 0 Å². The molecule has 0 bridgehead atoms. The van der Waals surface area contributed by atoms with Crippen molar-refractivity contribution in [2.45, 2.75) is 55.5 Å². The summed E-state index contributed by atoms with van der Waals surface area (Å²) in [4.78, 5) is 33.8. The minimum atomic E-state index is -3.73. The van der Waals surface area contributed by atoms with Crippen molar-refractivity contribution in [3.63, 3.8) is 0 Å². The number of rotatable bonds is 10. The molecule has 1 amide bonds. The molecule has 9 nitrogen and oxygen atoms in total. The number of nitrogens with zero attached hydrogens (tertiary/aromatic N) is 3. The standard InChI is InChI=1S/C37H40N4O5S/c42-36(43)22-11-27-9-12-28(13-10-27)29-16-20-33(21-17-29)47(45,46)39-32-18-14-31(15-19-32)37(44)41-25-24-40(35-8-4-5-23-38-35)26-34(41)30-6-2-1-3-7-30/h1-10,12-13,16-17,20-21,23,31-32,34,39H,11,14-15,18-19,22,24-26H2,(H,42,43). The normalized spacial score (nSPS) is 20.1. The molecule has 3 aromatic carbocycles. The van der Waals surface area contributed by atoms with Crippen molar-refractivity contribution in [3.8, 4) is 11.1 Å². The van der Waals surface area contributed by atoms with Gasteiger partial charge in [0.15, 0.2) is 0 Å². The van der Waals surface area contributed by atoms with Crippen molar-refractivity contribution in [2.75, 3.05) is 24.5 Å². The fourth-order valence-corrected chi connectivity index (χ4v) is 7.98. The number of carboxylic acids is 1. The van der Waals surface area contributed by atoms with Gasteiger partial charge >= 0.3 is 5.97 Å². The number of anilines is 1. The molecule has 2 N–H and O–H groups in total. The van der Waals surface area contributed by atoms with Crippen molar-refractivity contribution >= 4 is 27.7 Å². The number of piperazine rings is 1. The first-order valence-corrected chi connectivity index (χ1v) is 17.7. The predicted molar refractivity (Wildman–Crippen MR) is 181 cm³/mol. The Hall–Kier alpha value is -4.54. The van der Waals surface area contributed by atoms with Gasteiger partial charge in [-0.05, 0) is 78.6 Å². The predicted octanol–water partition coefficient (Wildman–Crippen LogP) is 5.69. The van der Waals surface area contributed by atoms with Gasteiger partial charge in [-0.15, -0.1) is 0 Å². The highest BCUT2D eigenvalue weighted by Gasteiger charge is 2.37. The number of benzene rings is 3. The summed E-state index contributed by atoms with van der Waals surface area (Å²) < 4.78 is 29.5. The molecule has 0 spiro atoms. The molecule has 1 aromatic heterocycles. The Labute approximate surface area is 276 Å². The third-order valence-corrected chi connectivity index (χ3v) is 10.8. The second kappa shape index (κ2) is 14.5. The van der Waals surface area contributed by atoms with Crippen LogP contribution in [0.2, 0.25) is 0 Å². The maximum atomic E-state index is 14.0. The van der Waals surface area contributed by atoms with Crippen molar-refractivity contribution in [2.24, 2.45) is 5.92 Å². The lowest BCUT2D eigenvalue weighted by molar-refractivity contribution is -0.140. The molecule has 47 heavy (non-hydrogen) atoms. The van der Waals surface area contributed by atoms with E-state index in [0.717, 1.165) is 28.1 Å². The molecule has 2 fully saturated rings. The van der Waals surface area contributed by atoms with Crippen LogP contribution in [-0.2, 0) is 26.0 Å². The van der Waals surface area contributed by atoms with Crippen molar-refractivity contribution < 1.29 is 23.1 Å². The van der Waals surface area contributed by atoms with E-state index in [1.54, 1.807) is 30.5 Å². The van der Waals surface area contributed by atoms with Gasteiger partial charge in [-0.3, -0.25) is 9.59 Å². The number of sulfonamides is 1. The summed E-state index contributed by atoms with van der Waals surface area (Å²) >= 11 is 0. The summed E-state index contributed by atoms with van der Waals surface area (Å²) in [5.41, 5.74) is 3.84. The Kier molecular flexibility index (Phi) is 9.98. The van der Waals surface area contributed by atoms with Crippen LogP contribution in [0.3, 0.4) is 0 Å². The summed E-state index contributed by atoms with van der Waals surface area (Å²) in [6.45, 7) is 1.98. The molecule has 0 radical (unpaired) electrons.